The summed E-state index contributed by atoms with van der Waals surface area (Å²) >= 11 is 0. The first kappa shape index (κ1) is 12.2. The Hall–Kier alpha value is -1.25. The fourth-order valence-electron chi connectivity index (χ4n) is 2.44. The molecule has 0 aliphatic carbocycles. The van der Waals surface area contributed by atoms with E-state index in [1.807, 2.05) is 6.07 Å². The van der Waals surface area contributed by atoms with E-state index in [2.05, 4.69) is 4.90 Å². The molecular weight excluding hydrogens is 215 g/mol. The van der Waals surface area contributed by atoms with E-state index in [-0.39, 0.29) is 5.82 Å². The van der Waals surface area contributed by atoms with Crippen LogP contribution in [0.5, 0.6) is 0 Å². The zero-order valence-corrected chi connectivity index (χ0v) is 10.5. The summed E-state index contributed by atoms with van der Waals surface area (Å²) in [7, 11) is 0. The molecule has 0 aromatic heterocycles. The molecule has 1 heterocycles. The Labute approximate surface area is 103 Å². The van der Waals surface area contributed by atoms with Crippen LogP contribution in [-0.4, -0.2) is 13.1 Å². The zero-order chi connectivity index (χ0) is 12.3. The fourth-order valence-corrected chi connectivity index (χ4v) is 2.44. The van der Waals surface area contributed by atoms with Crippen molar-refractivity contribution in [1.82, 2.24) is 0 Å². The maximum atomic E-state index is 13.4. The number of halogens is 1. The van der Waals surface area contributed by atoms with Gasteiger partial charge in [0.2, 0.25) is 0 Å². The number of aryl methyl sites for hydroxylation is 1. The van der Waals surface area contributed by atoms with Crippen LogP contribution in [0.4, 0.5) is 15.8 Å². The number of benzene rings is 1. The lowest BCUT2D eigenvalue weighted by molar-refractivity contribution is 0.556. The second-order valence-electron chi connectivity index (χ2n) is 4.92. The lowest BCUT2D eigenvalue weighted by Crippen LogP contribution is -2.27. The van der Waals surface area contributed by atoms with Crippen molar-refractivity contribution in [2.24, 2.45) is 0 Å². The minimum absolute atomic E-state index is 0.210. The predicted octanol–water partition coefficient (Wildman–Crippen LogP) is 3.49. The monoisotopic (exact) mass is 236 g/mol. The van der Waals surface area contributed by atoms with Crippen LogP contribution in [0, 0.1) is 12.7 Å². The minimum atomic E-state index is -0.210. The second kappa shape index (κ2) is 5.39. The Morgan fingerprint density at radius 2 is 1.65 bits per heavy atom. The number of hydrogen-bond acceptors (Lipinski definition) is 2. The van der Waals surface area contributed by atoms with Crippen LogP contribution in [0.15, 0.2) is 12.1 Å². The lowest BCUT2D eigenvalue weighted by Gasteiger charge is -2.28. The van der Waals surface area contributed by atoms with Gasteiger partial charge >= 0.3 is 0 Å². The molecule has 0 spiro atoms. The maximum absolute atomic E-state index is 13.4. The summed E-state index contributed by atoms with van der Waals surface area (Å²) < 4.78 is 13.4. The molecule has 0 radical (unpaired) electrons. The maximum Gasteiger partial charge on any atom is 0.128 e. The van der Waals surface area contributed by atoms with Gasteiger partial charge in [-0.05, 0) is 37.5 Å². The molecule has 0 bridgehead atoms. The Kier molecular flexibility index (Phi) is 3.87. The van der Waals surface area contributed by atoms with Crippen molar-refractivity contribution in [1.29, 1.82) is 0 Å². The minimum Gasteiger partial charge on any atom is -0.397 e. The first-order valence-corrected chi connectivity index (χ1v) is 6.49. The van der Waals surface area contributed by atoms with Gasteiger partial charge in [0.15, 0.2) is 0 Å². The van der Waals surface area contributed by atoms with Crippen molar-refractivity contribution in [2.45, 2.75) is 39.0 Å². The third-order valence-electron chi connectivity index (χ3n) is 3.50. The second-order valence-corrected chi connectivity index (χ2v) is 4.92. The van der Waals surface area contributed by atoms with E-state index in [9.17, 15) is 4.39 Å². The van der Waals surface area contributed by atoms with E-state index < -0.39 is 0 Å². The van der Waals surface area contributed by atoms with Crippen molar-refractivity contribution < 1.29 is 4.39 Å². The van der Waals surface area contributed by atoms with Gasteiger partial charge in [0.25, 0.3) is 0 Å². The van der Waals surface area contributed by atoms with Gasteiger partial charge in [0.05, 0.1) is 11.4 Å². The highest BCUT2D eigenvalue weighted by molar-refractivity contribution is 5.68. The summed E-state index contributed by atoms with van der Waals surface area (Å²) in [5, 5.41) is 0. The van der Waals surface area contributed by atoms with Crippen molar-refractivity contribution >= 4 is 11.4 Å². The van der Waals surface area contributed by atoms with Gasteiger partial charge < -0.3 is 10.6 Å². The lowest BCUT2D eigenvalue weighted by atomic mass is 10.1. The highest BCUT2D eigenvalue weighted by atomic mass is 19.1. The first-order valence-electron chi connectivity index (χ1n) is 6.49. The third-order valence-corrected chi connectivity index (χ3v) is 3.50. The summed E-state index contributed by atoms with van der Waals surface area (Å²) in [6.45, 7) is 3.87. The molecule has 0 unspecified atom stereocenters. The summed E-state index contributed by atoms with van der Waals surface area (Å²) in [6.07, 6.45) is 6.32. The summed E-state index contributed by atoms with van der Waals surface area (Å²) in [6, 6.07) is 3.33. The first-order chi connectivity index (χ1) is 8.18. The van der Waals surface area contributed by atoms with Crippen LogP contribution in [0.25, 0.3) is 0 Å². The van der Waals surface area contributed by atoms with Crippen molar-refractivity contribution in [3.8, 4) is 0 Å². The number of nitrogens with zero attached hydrogens (tertiary/aromatic N) is 1. The van der Waals surface area contributed by atoms with Crippen LogP contribution in [0.1, 0.15) is 37.7 Å². The Balaban J connectivity index is 2.21. The van der Waals surface area contributed by atoms with Crippen molar-refractivity contribution in [2.75, 3.05) is 23.7 Å². The highest BCUT2D eigenvalue weighted by Crippen LogP contribution is 2.28. The van der Waals surface area contributed by atoms with E-state index in [1.54, 1.807) is 6.92 Å². The van der Waals surface area contributed by atoms with Crippen LogP contribution in [0.2, 0.25) is 0 Å². The Morgan fingerprint density at radius 1 is 1.06 bits per heavy atom. The van der Waals surface area contributed by atoms with Crippen LogP contribution >= 0.6 is 0 Å². The number of anilines is 2. The SMILES string of the molecule is Cc1cc(N2CCCCCCC2)c(N)cc1F. The molecule has 0 atom stereocenters. The summed E-state index contributed by atoms with van der Waals surface area (Å²) in [5.41, 5.74) is 8.18. The molecule has 0 amide bonds. The average Bonchev–Trinajstić information content (AvgIpc) is 2.24. The van der Waals surface area contributed by atoms with Gasteiger partial charge in [-0.2, -0.15) is 0 Å². The summed E-state index contributed by atoms with van der Waals surface area (Å²) in [5.74, 6) is -0.210. The molecule has 3 heteroatoms. The van der Waals surface area contributed by atoms with Gasteiger partial charge in [0, 0.05) is 13.1 Å². The smallest absolute Gasteiger partial charge is 0.128 e. The molecule has 1 aromatic rings. The van der Waals surface area contributed by atoms with E-state index in [4.69, 9.17) is 5.73 Å². The molecular formula is C14H21FN2. The molecule has 2 rings (SSSR count). The van der Waals surface area contributed by atoms with Gasteiger partial charge in [-0.3, -0.25) is 0 Å². The number of nitrogen functional groups attached to an aromatic ring is 1. The Morgan fingerprint density at radius 3 is 2.29 bits per heavy atom. The standard InChI is InChI=1S/C14H21FN2/c1-11-9-14(13(16)10-12(11)15)17-7-5-3-2-4-6-8-17/h9-10H,2-8,16H2,1H3. The number of hydrogen-bond donors (Lipinski definition) is 1. The molecule has 1 aromatic carbocycles. The van der Waals surface area contributed by atoms with Crippen molar-refractivity contribution in [3.63, 3.8) is 0 Å². The number of nitrogens with two attached hydrogens (primary N) is 1. The van der Waals surface area contributed by atoms with E-state index in [0.29, 0.717) is 11.3 Å². The molecule has 17 heavy (non-hydrogen) atoms. The fraction of sp³-hybridized carbons (Fsp3) is 0.571. The summed E-state index contributed by atoms with van der Waals surface area (Å²) in [4.78, 5) is 2.31. The van der Waals surface area contributed by atoms with E-state index in [1.165, 1.54) is 38.2 Å². The highest BCUT2D eigenvalue weighted by Gasteiger charge is 2.13. The van der Waals surface area contributed by atoms with Crippen LogP contribution in [0.3, 0.4) is 0 Å². The zero-order valence-electron chi connectivity index (χ0n) is 10.5. The number of rotatable bonds is 1. The average molecular weight is 236 g/mol. The molecule has 2 N–H and O–H groups in total. The molecule has 1 fully saturated rings. The Bertz CT molecular complexity index is 382. The molecule has 2 nitrogen and oxygen atoms in total. The van der Waals surface area contributed by atoms with Crippen LogP contribution < -0.4 is 10.6 Å². The molecule has 0 saturated carbocycles. The third kappa shape index (κ3) is 2.90. The molecule has 1 aliphatic heterocycles. The molecule has 94 valence electrons. The molecule has 1 saturated heterocycles. The van der Waals surface area contributed by atoms with Gasteiger partial charge in [-0.25, -0.2) is 4.39 Å². The largest absolute Gasteiger partial charge is 0.397 e. The van der Waals surface area contributed by atoms with E-state index in [0.717, 1.165) is 18.8 Å². The predicted molar refractivity (Wildman–Crippen MR) is 70.8 cm³/mol. The van der Waals surface area contributed by atoms with Crippen molar-refractivity contribution in [3.05, 3.63) is 23.5 Å². The van der Waals surface area contributed by atoms with E-state index >= 15 is 0 Å². The van der Waals surface area contributed by atoms with Gasteiger partial charge in [-0.1, -0.05) is 19.3 Å². The quantitative estimate of drug-likeness (QED) is 0.756. The van der Waals surface area contributed by atoms with Gasteiger partial charge in [-0.15, -0.1) is 0 Å². The topological polar surface area (TPSA) is 29.3 Å². The van der Waals surface area contributed by atoms with Gasteiger partial charge in [0.1, 0.15) is 5.82 Å². The normalized spacial score (nSPS) is 17.6. The molecule has 1 aliphatic rings. The van der Waals surface area contributed by atoms with Crippen LogP contribution in [-0.2, 0) is 0 Å².